The summed E-state index contributed by atoms with van der Waals surface area (Å²) in [6.07, 6.45) is 41.3. The fourth-order valence-corrected chi connectivity index (χ4v) is 6.31. The summed E-state index contributed by atoms with van der Waals surface area (Å²) in [5.74, 6) is 1.50. The Kier molecular flexibility index (Phi) is 22.7. The lowest BCUT2D eigenvalue weighted by molar-refractivity contribution is -0.703. The lowest BCUT2D eigenvalue weighted by atomic mass is 10.0. The van der Waals surface area contributed by atoms with E-state index in [-0.39, 0.29) is 0 Å². The van der Waals surface area contributed by atoms with E-state index in [1.807, 2.05) is 0 Å². The van der Waals surface area contributed by atoms with E-state index in [0.29, 0.717) is 0 Å². The predicted molar refractivity (Wildman–Crippen MR) is 181 cm³/mol. The third kappa shape index (κ3) is 18.6. The first kappa shape index (κ1) is 35.6. The van der Waals surface area contributed by atoms with Crippen molar-refractivity contribution >= 4 is 0 Å². The molecule has 0 N–H and O–H groups in total. The molecule has 2 nitrogen and oxygen atoms in total. The topological polar surface area (TPSA) is 8.81 Å². The highest BCUT2D eigenvalue weighted by Crippen LogP contribution is 2.15. The van der Waals surface area contributed by atoms with Crippen molar-refractivity contribution in [2.45, 2.75) is 194 Å². The highest BCUT2D eigenvalue weighted by atomic mass is 15.1. The lowest BCUT2D eigenvalue weighted by Gasteiger charge is -2.07. The summed E-state index contributed by atoms with van der Waals surface area (Å²) >= 11 is 0. The van der Waals surface area contributed by atoms with Gasteiger partial charge in [-0.15, -0.1) is 0 Å². The van der Waals surface area contributed by atoms with Gasteiger partial charge in [-0.3, -0.25) is 0 Å². The molecule has 0 saturated carbocycles. The Labute approximate surface area is 256 Å². The van der Waals surface area contributed by atoms with Crippen LogP contribution in [0.3, 0.4) is 0 Å². The van der Waals surface area contributed by atoms with Gasteiger partial charge < -0.3 is 0 Å². The van der Waals surface area contributed by atoms with Gasteiger partial charge in [-0.2, -0.15) is 0 Å². The quantitative estimate of drug-likeness (QED) is 0.0685. The standard InChI is InChI=1S/C39H69N2/c1-3-5-7-9-11-13-14-15-16-17-18-19-20-21-23-25-30-34-41-36-35-40(33-29-24-22-12-10-8-6-4-2)39(41)37-38-31-27-26-28-32-38/h26-28,31-32,35-36H,3-25,29-30,33-34,37H2,1-2H3/q+1. The third-order valence-corrected chi connectivity index (χ3v) is 9.05. The molecule has 0 spiro atoms. The summed E-state index contributed by atoms with van der Waals surface area (Å²) in [7, 11) is 0. The van der Waals surface area contributed by atoms with Crippen LogP contribution in [0.5, 0.6) is 0 Å². The van der Waals surface area contributed by atoms with Crippen LogP contribution in [0.4, 0.5) is 0 Å². The molecule has 0 bridgehead atoms. The zero-order chi connectivity index (χ0) is 29.1. The molecule has 0 fully saturated rings. The SMILES string of the molecule is CCCCCCCCCCCCCCCCCCC[n+]1ccn(CCCCCCCCCC)c1Cc1ccccc1. The van der Waals surface area contributed by atoms with Crippen LogP contribution < -0.4 is 4.57 Å². The number of nitrogens with zero attached hydrogens (tertiary/aromatic N) is 2. The van der Waals surface area contributed by atoms with Gasteiger partial charge in [0.25, 0.3) is 5.82 Å². The number of unbranched alkanes of at least 4 members (excludes halogenated alkanes) is 23. The largest absolute Gasteiger partial charge is 0.260 e. The summed E-state index contributed by atoms with van der Waals surface area (Å²) in [4.78, 5) is 0. The zero-order valence-corrected chi connectivity index (χ0v) is 27.7. The Hall–Kier alpha value is -1.57. The van der Waals surface area contributed by atoms with Crippen LogP contribution in [-0.2, 0) is 19.5 Å². The molecule has 1 aromatic heterocycles. The van der Waals surface area contributed by atoms with Gasteiger partial charge in [-0.25, -0.2) is 9.13 Å². The van der Waals surface area contributed by atoms with Crippen LogP contribution in [-0.4, -0.2) is 4.57 Å². The molecule has 0 aliphatic heterocycles. The predicted octanol–water partition coefficient (Wildman–Crippen LogP) is 12.2. The summed E-state index contributed by atoms with van der Waals surface area (Å²) in [6.45, 7) is 6.95. The second-order valence-corrected chi connectivity index (χ2v) is 12.9. The maximum Gasteiger partial charge on any atom is 0.260 e. The third-order valence-electron chi connectivity index (χ3n) is 9.05. The van der Waals surface area contributed by atoms with E-state index in [1.54, 1.807) is 0 Å². The molecule has 0 amide bonds. The number of aryl methyl sites for hydroxylation is 2. The van der Waals surface area contributed by atoms with Gasteiger partial charge in [0.1, 0.15) is 12.4 Å². The number of aromatic nitrogens is 2. The van der Waals surface area contributed by atoms with Gasteiger partial charge in [0.2, 0.25) is 0 Å². The second-order valence-electron chi connectivity index (χ2n) is 12.9. The second kappa shape index (κ2) is 26.1. The molecule has 0 unspecified atom stereocenters. The molecule has 1 aromatic carbocycles. The van der Waals surface area contributed by atoms with Gasteiger partial charge in [0.05, 0.1) is 19.5 Å². The molecule has 0 aliphatic carbocycles. The van der Waals surface area contributed by atoms with E-state index in [1.165, 1.54) is 185 Å². The maximum atomic E-state index is 2.56. The van der Waals surface area contributed by atoms with Crippen molar-refractivity contribution in [3.05, 3.63) is 54.1 Å². The first-order chi connectivity index (χ1) is 20.3. The molecule has 2 heteroatoms. The fraction of sp³-hybridized carbons (Fsp3) is 0.769. The monoisotopic (exact) mass is 566 g/mol. The molecule has 234 valence electrons. The number of benzene rings is 1. The number of rotatable bonds is 29. The highest BCUT2D eigenvalue weighted by Gasteiger charge is 2.17. The van der Waals surface area contributed by atoms with Crippen molar-refractivity contribution in [2.75, 3.05) is 0 Å². The van der Waals surface area contributed by atoms with E-state index in [0.717, 1.165) is 6.42 Å². The van der Waals surface area contributed by atoms with Crippen molar-refractivity contribution in [3.63, 3.8) is 0 Å². The average Bonchev–Trinajstić information content (AvgIpc) is 3.37. The van der Waals surface area contributed by atoms with Crippen molar-refractivity contribution in [3.8, 4) is 0 Å². The van der Waals surface area contributed by atoms with E-state index >= 15 is 0 Å². The van der Waals surface area contributed by atoms with Crippen molar-refractivity contribution in [1.82, 2.24) is 4.57 Å². The minimum absolute atomic E-state index is 1.05. The van der Waals surface area contributed by atoms with E-state index in [9.17, 15) is 0 Å². The Balaban J connectivity index is 1.56. The van der Waals surface area contributed by atoms with Crippen LogP contribution in [0.2, 0.25) is 0 Å². The normalized spacial score (nSPS) is 11.5. The number of hydrogen-bond acceptors (Lipinski definition) is 0. The van der Waals surface area contributed by atoms with Gasteiger partial charge in [0, 0.05) is 0 Å². The van der Waals surface area contributed by atoms with Crippen LogP contribution >= 0.6 is 0 Å². The highest BCUT2D eigenvalue weighted by molar-refractivity contribution is 5.18. The summed E-state index contributed by atoms with van der Waals surface area (Å²) in [5, 5.41) is 0. The van der Waals surface area contributed by atoms with Gasteiger partial charge in [0.15, 0.2) is 0 Å². The minimum Gasteiger partial charge on any atom is -0.234 e. The maximum absolute atomic E-state index is 2.56. The van der Waals surface area contributed by atoms with Crippen molar-refractivity contribution in [1.29, 1.82) is 0 Å². The van der Waals surface area contributed by atoms with Gasteiger partial charge >= 0.3 is 0 Å². The van der Waals surface area contributed by atoms with Crippen LogP contribution in [0.15, 0.2) is 42.7 Å². The molecule has 0 atom stereocenters. The zero-order valence-electron chi connectivity index (χ0n) is 27.7. The van der Waals surface area contributed by atoms with Crippen LogP contribution in [0.1, 0.15) is 186 Å². The summed E-state index contributed by atoms with van der Waals surface area (Å²) in [6, 6.07) is 11.1. The molecular formula is C39H69N2+. The minimum atomic E-state index is 1.05. The smallest absolute Gasteiger partial charge is 0.234 e. The molecule has 41 heavy (non-hydrogen) atoms. The molecular weight excluding hydrogens is 496 g/mol. The van der Waals surface area contributed by atoms with Crippen molar-refractivity contribution < 1.29 is 4.57 Å². The lowest BCUT2D eigenvalue weighted by Crippen LogP contribution is -2.37. The number of imidazole rings is 1. The molecule has 0 radical (unpaired) electrons. The number of hydrogen-bond donors (Lipinski definition) is 0. The first-order valence-electron chi connectivity index (χ1n) is 18.5. The molecule has 2 rings (SSSR count). The molecule has 2 aromatic rings. The van der Waals surface area contributed by atoms with E-state index < -0.39 is 0 Å². The Morgan fingerprint density at radius 1 is 0.488 bits per heavy atom. The Morgan fingerprint density at radius 3 is 1.37 bits per heavy atom. The van der Waals surface area contributed by atoms with E-state index in [4.69, 9.17) is 0 Å². The molecule has 1 heterocycles. The Bertz CT molecular complexity index is 808. The van der Waals surface area contributed by atoms with Crippen molar-refractivity contribution in [2.24, 2.45) is 0 Å². The summed E-state index contributed by atoms with van der Waals surface area (Å²) in [5.41, 5.74) is 1.43. The van der Waals surface area contributed by atoms with Crippen LogP contribution in [0, 0.1) is 0 Å². The first-order valence-corrected chi connectivity index (χ1v) is 18.5. The Morgan fingerprint density at radius 2 is 0.902 bits per heavy atom. The van der Waals surface area contributed by atoms with Gasteiger partial charge in [-0.1, -0.05) is 179 Å². The molecule has 0 aliphatic rings. The van der Waals surface area contributed by atoms with Crippen LogP contribution in [0.25, 0.3) is 0 Å². The molecule has 0 saturated heterocycles. The average molecular weight is 566 g/mol. The fourth-order valence-electron chi connectivity index (χ4n) is 6.31. The van der Waals surface area contributed by atoms with E-state index in [2.05, 4.69) is 65.7 Å². The summed E-state index contributed by atoms with van der Waals surface area (Å²) < 4.78 is 5.11. The van der Waals surface area contributed by atoms with Gasteiger partial charge in [-0.05, 0) is 31.2 Å².